The first-order valence-corrected chi connectivity index (χ1v) is 10.1. The lowest BCUT2D eigenvalue weighted by molar-refractivity contribution is 0.194. The van der Waals surface area contributed by atoms with Crippen molar-refractivity contribution >= 4 is 17.2 Å². The molecule has 0 radical (unpaired) electrons. The van der Waals surface area contributed by atoms with E-state index >= 15 is 0 Å². The molecule has 0 aliphatic carbocycles. The maximum Gasteiger partial charge on any atom is 0.404 e. The van der Waals surface area contributed by atoms with Crippen LogP contribution in [-0.4, -0.2) is 39.0 Å². The zero-order valence-corrected chi connectivity index (χ0v) is 17.7. The van der Waals surface area contributed by atoms with Gasteiger partial charge in [-0.15, -0.1) is 0 Å². The van der Waals surface area contributed by atoms with Gasteiger partial charge in [0, 0.05) is 6.54 Å². The second kappa shape index (κ2) is 9.69. The summed E-state index contributed by atoms with van der Waals surface area (Å²) in [5.41, 5.74) is 0.934. The summed E-state index contributed by atoms with van der Waals surface area (Å²) in [6.07, 6.45) is -0.509. The van der Waals surface area contributed by atoms with Crippen molar-refractivity contribution in [3.05, 3.63) is 57.5 Å². The Bertz CT molecular complexity index is 1120. The van der Waals surface area contributed by atoms with Crippen LogP contribution in [0.25, 0.3) is 11.1 Å². The molecule has 1 unspecified atom stereocenters. The highest BCUT2D eigenvalue weighted by atomic mass is 19.1. The van der Waals surface area contributed by atoms with E-state index in [0.29, 0.717) is 42.0 Å². The Morgan fingerprint density at radius 2 is 2.10 bits per heavy atom. The van der Waals surface area contributed by atoms with Crippen molar-refractivity contribution in [3.63, 3.8) is 0 Å². The lowest BCUT2D eigenvalue weighted by Gasteiger charge is -2.25. The molecule has 9 nitrogen and oxygen atoms in total. The van der Waals surface area contributed by atoms with Crippen LogP contribution in [0, 0.1) is 18.7 Å². The average Bonchev–Trinajstić information content (AvgIpc) is 3.07. The number of amides is 1. The lowest BCUT2D eigenvalue weighted by Crippen LogP contribution is -2.36. The smallest absolute Gasteiger partial charge is 0.404 e. The van der Waals surface area contributed by atoms with E-state index in [4.69, 9.17) is 9.63 Å². The van der Waals surface area contributed by atoms with Gasteiger partial charge >= 0.3 is 6.09 Å². The fraction of sp³-hybridized carbons (Fsp3) is 0.429. The van der Waals surface area contributed by atoms with Gasteiger partial charge in [-0.1, -0.05) is 31.1 Å². The third-order valence-electron chi connectivity index (χ3n) is 4.96. The molecule has 0 aliphatic rings. The van der Waals surface area contributed by atoms with Gasteiger partial charge in [-0.25, -0.2) is 9.18 Å². The monoisotopic (exact) mass is 431 g/mol. The van der Waals surface area contributed by atoms with Crippen LogP contribution in [0.15, 0.2) is 33.6 Å². The number of aromatic nitrogens is 3. The quantitative estimate of drug-likeness (QED) is 0.445. The van der Waals surface area contributed by atoms with Gasteiger partial charge in [-0.05, 0) is 43.5 Å². The molecule has 0 aliphatic heterocycles. The molecular formula is C21H26FN5O4. The van der Waals surface area contributed by atoms with Crippen molar-refractivity contribution in [3.8, 4) is 0 Å². The van der Waals surface area contributed by atoms with E-state index in [1.54, 1.807) is 19.1 Å². The van der Waals surface area contributed by atoms with Crippen LogP contribution in [-0.2, 0) is 6.54 Å². The molecule has 3 rings (SSSR count). The molecular weight excluding hydrogens is 405 g/mol. The van der Waals surface area contributed by atoms with E-state index in [2.05, 4.69) is 20.8 Å². The van der Waals surface area contributed by atoms with E-state index in [1.165, 1.54) is 16.7 Å². The second-order valence-corrected chi connectivity index (χ2v) is 7.70. The van der Waals surface area contributed by atoms with Crippen LogP contribution >= 0.6 is 0 Å². The van der Waals surface area contributed by atoms with Crippen LogP contribution in [0.1, 0.15) is 43.4 Å². The van der Waals surface area contributed by atoms with Crippen LogP contribution in [0.2, 0.25) is 0 Å². The first-order valence-electron chi connectivity index (χ1n) is 10.1. The van der Waals surface area contributed by atoms with E-state index in [-0.39, 0.29) is 35.6 Å². The molecule has 31 heavy (non-hydrogen) atoms. The number of aryl methyl sites for hydroxylation is 1. The maximum absolute atomic E-state index is 13.7. The molecule has 3 N–H and O–H groups in total. The highest BCUT2D eigenvalue weighted by Crippen LogP contribution is 2.23. The summed E-state index contributed by atoms with van der Waals surface area (Å²) in [7, 11) is 0. The van der Waals surface area contributed by atoms with Crippen LogP contribution in [0.3, 0.4) is 0 Å². The molecule has 0 saturated heterocycles. The third kappa shape index (κ3) is 5.26. The number of benzene rings is 1. The summed E-state index contributed by atoms with van der Waals surface area (Å²) in [5.74, 6) is 0.130. The summed E-state index contributed by atoms with van der Waals surface area (Å²) in [6, 6.07) is 5.76. The topological polar surface area (TPSA) is 122 Å². The highest BCUT2D eigenvalue weighted by Gasteiger charge is 2.25. The molecule has 0 spiro atoms. The minimum atomic E-state index is -1.07. The largest absolute Gasteiger partial charge is 0.465 e. The highest BCUT2D eigenvalue weighted by molar-refractivity contribution is 5.74. The standard InChI is InChI=1S/C21H26FN5O4/c1-12(2)17(23-8-5-9-24-21(29)30)18-25-19-16(13(3)26-31-19)20(28)27(18)11-14-6-4-7-15(22)10-14/h4,6-7,10,12,17,23-24H,5,8-9,11H2,1-3H3,(H,29,30). The lowest BCUT2D eigenvalue weighted by atomic mass is 10.0. The summed E-state index contributed by atoms with van der Waals surface area (Å²) in [4.78, 5) is 28.5. The average molecular weight is 431 g/mol. The Morgan fingerprint density at radius 1 is 1.32 bits per heavy atom. The maximum atomic E-state index is 13.7. The van der Waals surface area contributed by atoms with Gasteiger partial charge in [0.15, 0.2) is 0 Å². The molecule has 3 aromatic rings. The zero-order chi connectivity index (χ0) is 22.5. The van der Waals surface area contributed by atoms with Crippen LogP contribution in [0.5, 0.6) is 0 Å². The number of hydrogen-bond donors (Lipinski definition) is 3. The van der Waals surface area contributed by atoms with Gasteiger partial charge < -0.3 is 20.3 Å². The molecule has 1 aromatic carbocycles. The third-order valence-corrected chi connectivity index (χ3v) is 4.96. The molecule has 0 bridgehead atoms. The summed E-state index contributed by atoms with van der Waals surface area (Å²) >= 11 is 0. The molecule has 1 amide bonds. The minimum absolute atomic E-state index is 0.0551. The number of carboxylic acid groups (broad SMARTS) is 1. The Labute approximate surface area is 178 Å². The van der Waals surface area contributed by atoms with Crippen molar-refractivity contribution < 1.29 is 18.8 Å². The van der Waals surface area contributed by atoms with Crippen molar-refractivity contribution in [2.45, 2.75) is 39.8 Å². The predicted molar refractivity (Wildman–Crippen MR) is 113 cm³/mol. The minimum Gasteiger partial charge on any atom is -0.465 e. The van der Waals surface area contributed by atoms with Crippen LogP contribution in [0.4, 0.5) is 9.18 Å². The number of rotatable bonds is 9. The first kappa shape index (κ1) is 22.4. The molecule has 166 valence electrons. The van der Waals surface area contributed by atoms with Crippen molar-refractivity contribution in [1.82, 2.24) is 25.3 Å². The Kier molecular flexibility index (Phi) is 7.01. The Balaban J connectivity index is 1.99. The van der Waals surface area contributed by atoms with E-state index in [1.807, 2.05) is 13.8 Å². The molecule has 2 aromatic heterocycles. The van der Waals surface area contributed by atoms with Gasteiger partial charge in [0.25, 0.3) is 11.3 Å². The second-order valence-electron chi connectivity index (χ2n) is 7.70. The van der Waals surface area contributed by atoms with Crippen molar-refractivity contribution in [2.75, 3.05) is 13.1 Å². The van der Waals surface area contributed by atoms with Crippen molar-refractivity contribution in [2.24, 2.45) is 5.92 Å². The number of carbonyl (C=O) groups is 1. The van der Waals surface area contributed by atoms with E-state index < -0.39 is 6.09 Å². The van der Waals surface area contributed by atoms with Gasteiger partial charge in [0.1, 0.15) is 17.0 Å². The van der Waals surface area contributed by atoms with E-state index in [0.717, 1.165) is 0 Å². The summed E-state index contributed by atoms with van der Waals surface area (Å²) in [6.45, 7) is 6.60. The Hall–Kier alpha value is -3.27. The normalized spacial score (nSPS) is 12.4. The predicted octanol–water partition coefficient (Wildman–Crippen LogP) is 2.82. The van der Waals surface area contributed by atoms with Gasteiger partial charge in [0.05, 0.1) is 18.3 Å². The van der Waals surface area contributed by atoms with Gasteiger partial charge in [-0.2, -0.15) is 4.98 Å². The summed E-state index contributed by atoms with van der Waals surface area (Å²) < 4.78 is 20.5. The van der Waals surface area contributed by atoms with Gasteiger partial charge in [-0.3, -0.25) is 9.36 Å². The molecule has 0 saturated carbocycles. The van der Waals surface area contributed by atoms with Crippen molar-refractivity contribution in [1.29, 1.82) is 0 Å². The number of fused-ring (bicyclic) bond motifs is 1. The molecule has 0 fully saturated rings. The number of hydrogen-bond acceptors (Lipinski definition) is 6. The zero-order valence-electron chi connectivity index (χ0n) is 17.7. The Morgan fingerprint density at radius 3 is 2.77 bits per heavy atom. The molecule has 1 atom stereocenters. The SMILES string of the molecule is Cc1noc2nc(C(NCCCNC(=O)O)C(C)C)n(Cc3cccc(F)c3)c(=O)c12. The summed E-state index contributed by atoms with van der Waals surface area (Å²) in [5, 5.41) is 18.5. The number of nitrogens with zero attached hydrogens (tertiary/aromatic N) is 3. The fourth-order valence-corrected chi connectivity index (χ4v) is 3.46. The molecule has 10 heteroatoms. The number of nitrogens with one attached hydrogen (secondary N) is 2. The van der Waals surface area contributed by atoms with Gasteiger partial charge in [0.2, 0.25) is 0 Å². The van der Waals surface area contributed by atoms with Crippen LogP contribution < -0.4 is 16.2 Å². The van der Waals surface area contributed by atoms with E-state index in [9.17, 15) is 14.0 Å². The first-order chi connectivity index (χ1) is 14.8. The fourth-order valence-electron chi connectivity index (χ4n) is 3.46. The molecule has 2 heterocycles. The number of halogens is 1.